The van der Waals surface area contributed by atoms with Crippen LogP contribution in [0.25, 0.3) is 0 Å². The highest BCUT2D eigenvalue weighted by atomic mass is 16.2. The molecule has 0 bridgehead atoms. The quantitative estimate of drug-likeness (QED) is 0.479. The summed E-state index contributed by atoms with van der Waals surface area (Å²) in [4.78, 5) is 0. The highest BCUT2D eigenvalue weighted by Gasteiger charge is 2.10. The van der Waals surface area contributed by atoms with Crippen molar-refractivity contribution in [1.82, 2.24) is 10.6 Å². The van der Waals surface area contributed by atoms with E-state index in [0.717, 1.165) is 13.1 Å². The minimum absolute atomic E-state index is 0.0371. The van der Waals surface area contributed by atoms with Crippen LogP contribution in [0.5, 0.6) is 0 Å². The molecule has 0 radical (unpaired) electrons. The van der Waals surface area contributed by atoms with Crippen molar-refractivity contribution >= 4 is 0 Å². The summed E-state index contributed by atoms with van der Waals surface area (Å²) >= 11 is 0. The lowest BCUT2D eigenvalue weighted by Gasteiger charge is -2.22. The van der Waals surface area contributed by atoms with Crippen molar-refractivity contribution in [2.45, 2.75) is 18.9 Å². The fourth-order valence-electron chi connectivity index (χ4n) is 1.34. The molecule has 1 saturated heterocycles. The van der Waals surface area contributed by atoms with Gasteiger partial charge in [0.25, 0.3) is 0 Å². The van der Waals surface area contributed by atoms with Crippen LogP contribution >= 0.6 is 0 Å². The molecule has 0 saturated carbocycles. The lowest BCUT2D eigenvalue weighted by molar-refractivity contribution is 0.350. The molecule has 1 heterocycles. The molecule has 1 unspecified atom stereocenters. The Hall–Kier alpha value is -0.560. The van der Waals surface area contributed by atoms with Gasteiger partial charge in [-0.15, -0.1) is 0 Å². The SMILES string of the molecule is OCC#CCNC1CCCNC1. The van der Waals surface area contributed by atoms with E-state index in [2.05, 4.69) is 22.5 Å². The summed E-state index contributed by atoms with van der Waals surface area (Å²) in [5, 5.41) is 15.0. The van der Waals surface area contributed by atoms with Crippen LogP contribution < -0.4 is 10.6 Å². The largest absolute Gasteiger partial charge is 0.384 e. The molecule has 3 nitrogen and oxygen atoms in total. The Morgan fingerprint density at radius 3 is 3.08 bits per heavy atom. The molecular formula is C9H16N2O. The zero-order valence-corrected chi connectivity index (χ0v) is 7.27. The van der Waals surface area contributed by atoms with Crippen LogP contribution in [0.15, 0.2) is 0 Å². The molecule has 1 atom stereocenters. The summed E-state index contributed by atoms with van der Waals surface area (Å²) in [6.07, 6.45) is 2.47. The van der Waals surface area contributed by atoms with Crippen LogP contribution in [0.4, 0.5) is 0 Å². The molecule has 1 aliphatic heterocycles. The number of hydrogen-bond donors (Lipinski definition) is 3. The first-order valence-corrected chi connectivity index (χ1v) is 4.44. The number of rotatable bonds is 2. The first kappa shape index (κ1) is 9.53. The summed E-state index contributed by atoms with van der Waals surface area (Å²) in [5.41, 5.74) is 0. The van der Waals surface area contributed by atoms with Gasteiger partial charge in [-0.25, -0.2) is 0 Å². The molecule has 1 aliphatic rings. The molecule has 68 valence electrons. The van der Waals surface area contributed by atoms with Crippen molar-refractivity contribution in [3.8, 4) is 11.8 Å². The van der Waals surface area contributed by atoms with E-state index in [-0.39, 0.29) is 6.61 Å². The van der Waals surface area contributed by atoms with Crippen molar-refractivity contribution < 1.29 is 5.11 Å². The molecule has 1 fully saturated rings. The van der Waals surface area contributed by atoms with Crippen molar-refractivity contribution in [2.75, 3.05) is 26.2 Å². The van der Waals surface area contributed by atoms with Crippen molar-refractivity contribution in [1.29, 1.82) is 0 Å². The monoisotopic (exact) mass is 168 g/mol. The first-order valence-electron chi connectivity index (χ1n) is 4.44. The standard InChI is InChI=1S/C9H16N2O/c12-7-2-1-6-11-9-4-3-5-10-8-9/h9-12H,3-8H2. The van der Waals surface area contributed by atoms with E-state index in [4.69, 9.17) is 5.11 Å². The zero-order chi connectivity index (χ0) is 8.65. The molecule has 0 aromatic heterocycles. The molecule has 0 aromatic carbocycles. The van der Waals surface area contributed by atoms with Gasteiger partial charge in [-0.1, -0.05) is 11.8 Å². The van der Waals surface area contributed by atoms with Crippen molar-refractivity contribution in [3.05, 3.63) is 0 Å². The third-order valence-corrected chi connectivity index (χ3v) is 1.98. The van der Waals surface area contributed by atoms with Crippen LogP contribution in [0.1, 0.15) is 12.8 Å². The van der Waals surface area contributed by atoms with Gasteiger partial charge in [-0.2, -0.15) is 0 Å². The Balaban J connectivity index is 2.05. The lowest BCUT2D eigenvalue weighted by Crippen LogP contribution is -2.43. The highest BCUT2D eigenvalue weighted by Crippen LogP contribution is 1.99. The smallest absolute Gasteiger partial charge is 0.104 e. The molecule has 12 heavy (non-hydrogen) atoms. The van der Waals surface area contributed by atoms with E-state index >= 15 is 0 Å². The van der Waals surface area contributed by atoms with Gasteiger partial charge in [0.05, 0.1) is 6.54 Å². The Morgan fingerprint density at radius 1 is 1.50 bits per heavy atom. The molecule has 3 N–H and O–H groups in total. The van der Waals surface area contributed by atoms with E-state index in [1.54, 1.807) is 0 Å². The van der Waals surface area contributed by atoms with Gasteiger partial charge in [0, 0.05) is 12.6 Å². The second kappa shape index (κ2) is 6.01. The number of piperidine rings is 1. The van der Waals surface area contributed by atoms with Crippen LogP contribution in [0, 0.1) is 11.8 Å². The maximum absolute atomic E-state index is 8.39. The van der Waals surface area contributed by atoms with Crippen molar-refractivity contribution in [2.24, 2.45) is 0 Å². The van der Waals surface area contributed by atoms with Gasteiger partial charge >= 0.3 is 0 Å². The van der Waals surface area contributed by atoms with E-state index in [0.29, 0.717) is 12.6 Å². The van der Waals surface area contributed by atoms with Crippen molar-refractivity contribution in [3.63, 3.8) is 0 Å². The Bertz CT molecular complexity index is 165. The van der Waals surface area contributed by atoms with Gasteiger partial charge in [0.2, 0.25) is 0 Å². The molecular weight excluding hydrogens is 152 g/mol. The van der Waals surface area contributed by atoms with Gasteiger partial charge in [-0.3, -0.25) is 0 Å². The average Bonchev–Trinajstić information content (AvgIpc) is 2.14. The maximum Gasteiger partial charge on any atom is 0.104 e. The van der Waals surface area contributed by atoms with Crippen LogP contribution in [-0.4, -0.2) is 37.4 Å². The van der Waals surface area contributed by atoms with Gasteiger partial charge < -0.3 is 15.7 Å². The summed E-state index contributed by atoms with van der Waals surface area (Å²) in [5.74, 6) is 5.45. The summed E-state index contributed by atoms with van der Waals surface area (Å²) < 4.78 is 0. The zero-order valence-electron chi connectivity index (χ0n) is 7.27. The third-order valence-electron chi connectivity index (χ3n) is 1.98. The number of nitrogens with one attached hydrogen (secondary N) is 2. The Morgan fingerprint density at radius 2 is 2.42 bits per heavy atom. The second-order valence-electron chi connectivity index (χ2n) is 2.94. The van der Waals surface area contributed by atoms with E-state index in [1.807, 2.05) is 0 Å². The summed E-state index contributed by atoms with van der Waals surface area (Å²) in [6.45, 7) is 2.83. The average molecular weight is 168 g/mol. The number of aliphatic hydroxyl groups is 1. The minimum atomic E-state index is -0.0371. The van der Waals surface area contributed by atoms with E-state index < -0.39 is 0 Å². The van der Waals surface area contributed by atoms with Crippen LogP contribution in [0.2, 0.25) is 0 Å². The lowest BCUT2D eigenvalue weighted by atomic mass is 10.1. The minimum Gasteiger partial charge on any atom is -0.384 e. The predicted octanol–water partition coefficient (Wildman–Crippen LogP) is -0.676. The first-order chi connectivity index (χ1) is 5.93. The predicted molar refractivity (Wildman–Crippen MR) is 48.8 cm³/mol. The number of hydrogen-bond acceptors (Lipinski definition) is 3. The Labute approximate surface area is 73.5 Å². The molecule has 0 spiro atoms. The third kappa shape index (κ3) is 3.72. The fourth-order valence-corrected chi connectivity index (χ4v) is 1.34. The fraction of sp³-hybridized carbons (Fsp3) is 0.778. The van der Waals surface area contributed by atoms with E-state index in [1.165, 1.54) is 12.8 Å². The molecule has 0 aromatic rings. The summed E-state index contributed by atoms with van der Waals surface area (Å²) in [6, 6.07) is 0.562. The number of aliphatic hydroxyl groups excluding tert-OH is 1. The second-order valence-corrected chi connectivity index (χ2v) is 2.94. The van der Waals surface area contributed by atoms with Gasteiger partial charge in [-0.05, 0) is 19.4 Å². The van der Waals surface area contributed by atoms with E-state index in [9.17, 15) is 0 Å². The maximum atomic E-state index is 8.39. The highest BCUT2D eigenvalue weighted by molar-refractivity contribution is 5.01. The Kier molecular flexibility index (Phi) is 4.77. The molecule has 0 amide bonds. The van der Waals surface area contributed by atoms with Gasteiger partial charge in [0.15, 0.2) is 0 Å². The van der Waals surface area contributed by atoms with Crippen LogP contribution in [0.3, 0.4) is 0 Å². The van der Waals surface area contributed by atoms with Gasteiger partial charge in [0.1, 0.15) is 6.61 Å². The summed E-state index contributed by atoms with van der Waals surface area (Å²) in [7, 11) is 0. The molecule has 3 heteroatoms. The topological polar surface area (TPSA) is 44.3 Å². The molecule has 1 rings (SSSR count). The van der Waals surface area contributed by atoms with Crippen LogP contribution in [-0.2, 0) is 0 Å². The molecule has 0 aliphatic carbocycles. The normalized spacial score (nSPS) is 22.9.